The van der Waals surface area contributed by atoms with Crippen LogP contribution in [0.15, 0.2) is 17.1 Å². The number of aliphatic hydroxyl groups excluding tert-OH is 1. The summed E-state index contributed by atoms with van der Waals surface area (Å²) in [5.41, 5.74) is 4.74. The van der Waals surface area contributed by atoms with Crippen molar-refractivity contribution in [3.05, 3.63) is 22.7 Å². The van der Waals surface area contributed by atoms with Crippen LogP contribution in [0.1, 0.15) is 6.23 Å². The molecule has 124 valence electrons. The van der Waals surface area contributed by atoms with Crippen LogP contribution in [-0.4, -0.2) is 56.5 Å². The molecule has 1 fully saturated rings. The standard InChI is InChI=1S/C10H16N3O7PS/c1-18-8-7(14)5(4-19-21(16,17)22)20-9(8)13-3-2-6(11)12-10(13)15/h2-3,5,7-9,14H,4H2,1H3,(H2,11,12,15)(H2,16,17,22)/t5-,7-,8-,9-/m1/s1. The summed E-state index contributed by atoms with van der Waals surface area (Å²) in [6, 6.07) is 1.40. The first kappa shape index (κ1) is 17.4. The van der Waals surface area contributed by atoms with Crippen LogP contribution in [0, 0.1) is 0 Å². The number of aromatic nitrogens is 2. The summed E-state index contributed by atoms with van der Waals surface area (Å²) in [6.45, 7) is -4.24. The van der Waals surface area contributed by atoms with Crippen LogP contribution in [0.4, 0.5) is 5.82 Å². The van der Waals surface area contributed by atoms with Crippen molar-refractivity contribution >= 4 is 24.3 Å². The monoisotopic (exact) mass is 353 g/mol. The number of rotatable bonds is 5. The Hall–Kier alpha value is -0.910. The summed E-state index contributed by atoms with van der Waals surface area (Å²) in [5, 5.41) is 10.1. The molecule has 0 aliphatic carbocycles. The highest BCUT2D eigenvalue weighted by atomic mass is 32.5. The fourth-order valence-electron chi connectivity index (χ4n) is 2.12. The molecule has 1 aliphatic rings. The van der Waals surface area contributed by atoms with Gasteiger partial charge in [-0.05, 0) is 17.9 Å². The number of methoxy groups -OCH3 is 1. The molecule has 0 spiro atoms. The van der Waals surface area contributed by atoms with Crippen molar-refractivity contribution in [1.29, 1.82) is 0 Å². The zero-order chi connectivity index (χ0) is 16.5. The van der Waals surface area contributed by atoms with Crippen LogP contribution in [0.3, 0.4) is 0 Å². The van der Waals surface area contributed by atoms with Crippen molar-refractivity contribution in [2.45, 2.75) is 24.5 Å². The fraction of sp³-hybridized carbons (Fsp3) is 0.600. The van der Waals surface area contributed by atoms with Gasteiger partial charge < -0.3 is 34.6 Å². The second-order valence-corrected chi connectivity index (χ2v) is 7.25. The van der Waals surface area contributed by atoms with E-state index < -0.39 is 36.9 Å². The highest BCUT2D eigenvalue weighted by molar-refractivity contribution is 8.06. The van der Waals surface area contributed by atoms with Gasteiger partial charge in [0.05, 0.1) is 6.61 Å². The molecule has 0 saturated carbocycles. The van der Waals surface area contributed by atoms with E-state index in [0.29, 0.717) is 0 Å². The lowest BCUT2D eigenvalue weighted by Gasteiger charge is -2.20. The first-order chi connectivity index (χ1) is 10.2. The Morgan fingerprint density at radius 2 is 2.27 bits per heavy atom. The summed E-state index contributed by atoms with van der Waals surface area (Å²) in [4.78, 5) is 33.5. The maximum atomic E-state index is 11.9. The maximum Gasteiger partial charge on any atom is 0.351 e. The fourth-order valence-corrected chi connectivity index (χ4v) is 2.65. The Balaban J connectivity index is 2.21. The van der Waals surface area contributed by atoms with Crippen molar-refractivity contribution in [2.75, 3.05) is 19.5 Å². The van der Waals surface area contributed by atoms with Gasteiger partial charge in [-0.1, -0.05) is 0 Å². The van der Waals surface area contributed by atoms with Crippen LogP contribution < -0.4 is 11.4 Å². The Kier molecular flexibility index (Phi) is 5.30. The van der Waals surface area contributed by atoms with Gasteiger partial charge in [-0.3, -0.25) is 4.57 Å². The summed E-state index contributed by atoms with van der Waals surface area (Å²) in [6.07, 6.45) is -2.61. The van der Waals surface area contributed by atoms with E-state index in [1.165, 1.54) is 19.4 Å². The lowest BCUT2D eigenvalue weighted by Crippen LogP contribution is -2.37. The number of aliphatic hydroxyl groups is 1. The molecule has 5 N–H and O–H groups in total. The molecule has 0 aromatic carbocycles. The summed E-state index contributed by atoms with van der Waals surface area (Å²) >= 11 is 4.33. The molecule has 2 rings (SSSR count). The van der Waals surface area contributed by atoms with Crippen LogP contribution in [0.25, 0.3) is 0 Å². The third-order valence-electron chi connectivity index (χ3n) is 3.12. The van der Waals surface area contributed by atoms with Crippen LogP contribution in [-0.2, 0) is 25.8 Å². The number of hydrogen-bond acceptors (Lipinski definition) is 8. The third kappa shape index (κ3) is 3.89. The SMILES string of the molecule is CO[C@@H]1[C@H](O)[C@@H](COP(O)(O)=S)O[C@H]1n1ccc(N)nc1=O. The third-order valence-corrected chi connectivity index (χ3v) is 3.92. The molecule has 1 aromatic rings. The minimum absolute atomic E-state index is 0.0508. The number of nitrogens with two attached hydrogens (primary N) is 1. The van der Waals surface area contributed by atoms with Gasteiger partial charge in [0.2, 0.25) is 0 Å². The zero-order valence-corrected chi connectivity index (χ0v) is 13.2. The molecular weight excluding hydrogens is 337 g/mol. The van der Waals surface area contributed by atoms with E-state index in [2.05, 4.69) is 21.3 Å². The first-order valence-corrected chi connectivity index (χ1v) is 8.76. The average molecular weight is 353 g/mol. The van der Waals surface area contributed by atoms with Crippen molar-refractivity contribution < 1.29 is 28.9 Å². The second-order valence-electron chi connectivity index (χ2n) is 4.58. The van der Waals surface area contributed by atoms with Crippen LogP contribution >= 0.6 is 6.72 Å². The van der Waals surface area contributed by atoms with E-state index >= 15 is 0 Å². The molecule has 0 bridgehead atoms. The molecule has 1 saturated heterocycles. The van der Waals surface area contributed by atoms with Crippen LogP contribution in [0.2, 0.25) is 0 Å². The normalized spacial score (nSPS) is 28.9. The smallest absolute Gasteiger partial charge is 0.351 e. The molecule has 0 unspecified atom stereocenters. The van der Waals surface area contributed by atoms with Gasteiger partial charge in [0.1, 0.15) is 24.1 Å². The van der Waals surface area contributed by atoms with E-state index in [-0.39, 0.29) is 12.4 Å². The lowest BCUT2D eigenvalue weighted by atomic mass is 10.1. The number of hydrogen-bond donors (Lipinski definition) is 4. The topological polar surface area (TPSA) is 149 Å². The zero-order valence-electron chi connectivity index (χ0n) is 11.5. The quantitative estimate of drug-likeness (QED) is 0.452. The van der Waals surface area contributed by atoms with Gasteiger partial charge in [-0.2, -0.15) is 4.98 Å². The molecule has 1 aliphatic heterocycles. The number of anilines is 1. The largest absolute Gasteiger partial charge is 0.387 e. The predicted molar refractivity (Wildman–Crippen MR) is 78.3 cm³/mol. The van der Waals surface area contributed by atoms with E-state index in [1.807, 2.05) is 0 Å². The average Bonchev–Trinajstić information content (AvgIpc) is 2.72. The van der Waals surface area contributed by atoms with Gasteiger partial charge in [-0.25, -0.2) is 4.79 Å². The van der Waals surface area contributed by atoms with E-state index in [9.17, 15) is 9.90 Å². The molecule has 0 radical (unpaired) electrons. The Bertz CT molecular complexity index is 635. The molecule has 1 aromatic heterocycles. The van der Waals surface area contributed by atoms with E-state index in [0.717, 1.165) is 4.57 Å². The van der Waals surface area contributed by atoms with Crippen molar-refractivity contribution in [3.63, 3.8) is 0 Å². The van der Waals surface area contributed by atoms with Crippen molar-refractivity contribution in [1.82, 2.24) is 9.55 Å². The number of nitrogen functional groups attached to an aromatic ring is 1. The minimum Gasteiger partial charge on any atom is -0.387 e. The Morgan fingerprint density at radius 1 is 1.59 bits per heavy atom. The molecular formula is C10H16N3O7PS. The van der Waals surface area contributed by atoms with E-state index in [4.69, 9.17) is 25.0 Å². The second kappa shape index (κ2) is 6.69. The van der Waals surface area contributed by atoms with Gasteiger partial charge >= 0.3 is 12.4 Å². The van der Waals surface area contributed by atoms with Crippen molar-refractivity contribution in [2.24, 2.45) is 0 Å². The molecule has 10 nitrogen and oxygen atoms in total. The highest BCUT2D eigenvalue weighted by Crippen LogP contribution is 2.39. The first-order valence-electron chi connectivity index (χ1n) is 6.14. The summed E-state index contributed by atoms with van der Waals surface area (Å²) in [7, 11) is 1.34. The predicted octanol–water partition coefficient (Wildman–Crippen LogP) is -1.68. The van der Waals surface area contributed by atoms with Gasteiger partial charge in [0.15, 0.2) is 6.23 Å². The molecule has 0 amide bonds. The van der Waals surface area contributed by atoms with E-state index in [1.54, 1.807) is 0 Å². The summed E-state index contributed by atoms with van der Waals surface area (Å²) < 4.78 is 16.5. The van der Waals surface area contributed by atoms with Gasteiger partial charge in [0, 0.05) is 13.3 Å². The highest BCUT2D eigenvalue weighted by Gasteiger charge is 2.46. The lowest BCUT2D eigenvalue weighted by molar-refractivity contribution is -0.0609. The van der Waals surface area contributed by atoms with Gasteiger partial charge in [-0.15, -0.1) is 0 Å². The summed E-state index contributed by atoms with van der Waals surface area (Å²) in [5.74, 6) is 0.0508. The molecule has 4 atom stereocenters. The van der Waals surface area contributed by atoms with Crippen LogP contribution in [0.5, 0.6) is 0 Å². The number of nitrogens with zero attached hydrogens (tertiary/aromatic N) is 2. The van der Waals surface area contributed by atoms with Gasteiger partial charge in [0.25, 0.3) is 0 Å². The Morgan fingerprint density at radius 3 is 2.82 bits per heavy atom. The Labute approximate surface area is 130 Å². The molecule has 22 heavy (non-hydrogen) atoms. The number of ether oxygens (including phenoxy) is 2. The van der Waals surface area contributed by atoms with Crippen molar-refractivity contribution in [3.8, 4) is 0 Å². The maximum absolute atomic E-state index is 11.9. The molecule has 2 heterocycles. The molecule has 12 heteroatoms. The minimum atomic E-state index is -3.88.